The predicted octanol–water partition coefficient (Wildman–Crippen LogP) is 3.67. The van der Waals surface area contributed by atoms with Crippen molar-refractivity contribution in [3.05, 3.63) is 69.4 Å². The molecular formula is C16H17BrFNO. The predicted molar refractivity (Wildman–Crippen MR) is 82.0 cm³/mol. The number of aliphatic hydroxyl groups is 1. The molecule has 0 spiro atoms. The lowest BCUT2D eigenvalue weighted by Gasteiger charge is -2.23. The molecule has 2 atom stereocenters. The summed E-state index contributed by atoms with van der Waals surface area (Å²) in [5.41, 5.74) is 8.22. The maximum atomic E-state index is 13.1. The van der Waals surface area contributed by atoms with Gasteiger partial charge in [0, 0.05) is 16.9 Å². The molecule has 0 radical (unpaired) electrons. The normalized spacial score (nSPS) is 14.1. The molecule has 0 aromatic heterocycles. The van der Waals surface area contributed by atoms with Gasteiger partial charge in [-0.3, -0.25) is 0 Å². The molecule has 2 rings (SSSR count). The molecule has 2 aromatic rings. The maximum absolute atomic E-state index is 13.1. The van der Waals surface area contributed by atoms with E-state index in [1.54, 1.807) is 13.0 Å². The van der Waals surface area contributed by atoms with E-state index in [0.29, 0.717) is 12.1 Å². The second kappa shape index (κ2) is 6.48. The number of nitrogens with two attached hydrogens (primary N) is 1. The van der Waals surface area contributed by atoms with E-state index in [2.05, 4.69) is 15.9 Å². The summed E-state index contributed by atoms with van der Waals surface area (Å²) >= 11 is 3.38. The van der Waals surface area contributed by atoms with E-state index in [0.717, 1.165) is 15.6 Å². The highest BCUT2D eigenvalue weighted by Gasteiger charge is 2.23. The van der Waals surface area contributed by atoms with Crippen LogP contribution in [0.15, 0.2) is 46.9 Å². The van der Waals surface area contributed by atoms with Crippen molar-refractivity contribution in [3.63, 3.8) is 0 Å². The molecule has 0 saturated carbocycles. The third-order valence-corrected chi connectivity index (χ3v) is 4.01. The van der Waals surface area contributed by atoms with Crippen molar-refractivity contribution in [1.82, 2.24) is 0 Å². The van der Waals surface area contributed by atoms with E-state index in [-0.39, 0.29) is 11.7 Å². The first kappa shape index (κ1) is 15.2. The van der Waals surface area contributed by atoms with Gasteiger partial charge in [-0.25, -0.2) is 4.39 Å². The molecule has 0 aliphatic carbocycles. The van der Waals surface area contributed by atoms with Crippen LogP contribution in [-0.4, -0.2) is 11.7 Å². The summed E-state index contributed by atoms with van der Waals surface area (Å²) in [6.07, 6.45) is -0.748. The molecule has 3 N–H and O–H groups in total. The minimum atomic E-state index is -0.748. The highest BCUT2D eigenvalue weighted by Crippen LogP contribution is 2.32. The SMILES string of the molecule is Cc1cc(F)ccc1C(O)C(CN)c1ccc(Br)cc1. The van der Waals surface area contributed by atoms with Crippen molar-refractivity contribution in [2.24, 2.45) is 5.73 Å². The largest absolute Gasteiger partial charge is 0.388 e. The zero-order valence-electron chi connectivity index (χ0n) is 11.2. The van der Waals surface area contributed by atoms with Crippen LogP contribution in [0.4, 0.5) is 4.39 Å². The summed E-state index contributed by atoms with van der Waals surface area (Å²) < 4.78 is 14.1. The van der Waals surface area contributed by atoms with Crippen LogP contribution in [0.3, 0.4) is 0 Å². The minimum Gasteiger partial charge on any atom is -0.388 e. The van der Waals surface area contributed by atoms with Crippen LogP contribution in [0.1, 0.15) is 28.7 Å². The number of benzene rings is 2. The van der Waals surface area contributed by atoms with E-state index in [1.807, 2.05) is 24.3 Å². The van der Waals surface area contributed by atoms with Crippen molar-refractivity contribution in [2.75, 3.05) is 6.54 Å². The first-order valence-electron chi connectivity index (χ1n) is 6.42. The van der Waals surface area contributed by atoms with E-state index in [4.69, 9.17) is 5.73 Å². The van der Waals surface area contributed by atoms with Gasteiger partial charge in [0.05, 0.1) is 6.10 Å². The molecule has 0 amide bonds. The fraction of sp³-hybridized carbons (Fsp3) is 0.250. The van der Waals surface area contributed by atoms with Crippen molar-refractivity contribution >= 4 is 15.9 Å². The minimum absolute atomic E-state index is 0.215. The molecular weight excluding hydrogens is 321 g/mol. The van der Waals surface area contributed by atoms with E-state index in [9.17, 15) is 9.50 Å². The number of rotatable bonds is 4. The van der Waals surface area contributed by atoms with E-state index < -0.39 is 6.10 Å². The summed E-state index contributed by atoms with van der Waals surface area (Å²) in [4.78, 5) is 0. The lowest BCUT2D eigenvalue weighted by Crippen LogP contribution is -2.20. The van der Waals surface area contributed by atoms with Crippen LogP contribution in [0, 0.1) is 12.7 Å². The first-order valence-corrected chi connectivity index (χ1v) is 7.22. The molecule has 0 fully saturated rings. The standard InChI is InChI=1S/C16H17BrFNO/c1-10-8-13(18)6-7-14(10)16(20)15(9-19)11-2-4-12(17)5-3-11/h2-8,15-16,20H,9,19H2,1H3. The average Bonchev–Trinajstić information content (AvgIpc) is 2.41. The Kier molecular flexibility index (Phi) is 4.91. The van der Waals surface area contributed by atoms with Crippen LogP contribution in [0.25, 0.3) is 0 Å². The molecule has 2 aromatic carbocycles. The summed E-state index contributed by atoms with van der Waals surface area (Å²) in [6.45, 7) is 2.11. The van der Waals surface area contributed by atoms with Crippen LogP contribution >= 0.6 is 15.9 Å². The van der Waals surface area contributed by atoms with Crippen molar-refractivity contribution < 1.29 is 9.50 Å². The monoisotopic (exact) mass is 337 g/mol. The zero-order valence-corrected chi connectivity index (χ0v) is 12.8. The number of aliphatic hydroxyl groups excluding tert-OH is 1. The second-order valence-corrected chi connectivity index (χ2v) is 5.76. The van der Waals surface area contributed by atoms with Crippen LogP contribution in [0.2, 0.25) is 0 Å². The van der Waals surface area contributed by atoms with E-state index in [1.165, 1.54) is 12.1 Å². The Hall–Kier alpha value is -1.23. The van der Waals surface area contributed by atoms with Crippen LogP contribution in [-0.2, 0) is 0 Å². The molecule has 0 bridgehead atoms. The van der Waals surface area contributed by atoms with Crippen molar-refractivity contribution in [3.8, 4) is 0 Å². The maximum Gasteiger partial charge on any atom is 0.123 e. The Morgan fingerprint density at radius 2 is 1.85 bits per heavy atom. The molecule has 4 heteroatoms. The molecule has 2 unspecified atom stereocenters. The fourth-order valence-corrected chi connectivity index (χ4v) is 2.61. The van der Waals surface area contributed by atoms with Gasteiger partial charge in [0.1, 0.15) is 5.82 Å². The smallest absolute Gasteiger partial charge is 0.123 e. The Balaban J connectivity index is 2.33. The molecule has 0 aliphatic heterocycles. The molecule has 20 heavy (non-hydrogen) atoms. The topological polar surface area (TPSA) is 46.2 Å². The van der Waals surface area contributed by atoms with Crippen molar-refractivity contribution in [1.29, 1.82) is 0 Å². The summed E-state index contributed by atoms with van der Waals surface area (Å²) in [5.74, 6) is -0.515. The number of halogens is 2. The van der Waals surface area contributed by atoms with Crippen molar-refractivity contribution in [2.45, 2.75) is 18.9 Å². The van der Waals surface area contributed by atoms with Crippen LogP contribution < -0.4 is 5.73 Å². The van der Waals surface area contributed by atoms with Gasteiger partial charge in [-0.15, -0.1) is 0 Å². The average molecular weight is 338 g/mol. The fourth-order valence-electron chi connectivity index (χ4n) is 2.34. The first-order chi connectivity index (χ1) is 9.52. The third kappa shape index (κ3) is 3.26. The lowest BCUT2D eigenvalue weighted by molar-refractivity contribution is 0.146. The molecule has 2 nitrogen and oxygen atoms in total. The van der Waals surface area contributed by atoms with Gasteiger partial charge < -0.3 is 10.8 Å². The van der Waals surface area contributed by atoms with Crippen LogP contribution in [0.5, 0.6) is 0 Å². The van der Waals surface area contributed by atoms with E-state index >= 15 is 0 Å². The Morgan fingerprint density at radius 3 is 2.40 bits per heavy atom. The Labute approximate surface area is 126 Å². The molecule has 0 heterocycles. The second-order valence-electron chi connectivity index (χ2n) is 4.84. The van der Waals surface area contributed by atoms with Gasteiger partial charge in [-0.2, -0.15) is 0 Å². The number of hydrogen-bond donors (Lipinski definition) is 2. The van der Waals surface area contributed by atoms with Gasteiger partial charge in [-0.1, -0.05) is 34.1 Å². The zero-order chi connectivity index (χ0) is 14.7. The van der Waals surface area contributed by atoms with Gasteiger partial charge in [0.15, 0.2) is 0 Å². The molecule has 0 aliphatic rings. The quantitative estimate of drug-likeness (QED) is 0.893. The van der Waals surface area contributed by atoms with Gasteiger partial charge in [0.2, 0.25) is 0 Å². The third-order valence-electron chi connectivity index (χ3n) is 3.48. The summed E-state index contributed by atoms with van der Waals surface area (Å²) in [7, 11) is 0. The number of hydrogen-bond acceptors (Lipinski definition) is 2. The Bertz CT molecular complexity index is 586. The van der Waals surface area contributed by atoms with Gasteiger partial charge in [-0.05, 0) is 47.9 Å². The Morgan fingerprint density at radius 1 is 1.20 bits per heavy atom. The molecule has 0 saturated heterocycles. The summed E-state index contributed by atoms with van der Waals surface area (Å²) in [6, 6.07) is 12.1. The van der Waals surface area contributed by atoms with Gasteiger partial charge >= 0.3 is 0 Å². The number of aryl methyl sites for hydroxylation is 1. The molecule has 106 valence electrons. The lowest BCUT2D eigenvalue weighted by atomic mass is 9.87. The highest BCUT2D eigenvalue weighted by atomic mass is 79.9. The highest BCUT2D eigenvalue weighted by molar-refractivity contribution is 9.10. The van der Waals surface area contributed by atoms with Gasteiger partial charge in [0.25, 0.3) is 0 Å². The summed E-state index contributed by atoms with van der Waals surface area (Å²) in [5, 5.41) is 10.6.